The van der Waals surface area contributed by atoms with Gasteiger partial charge >= 0.3 is 5.97 Å². The van der Waals surface area contributed by atoms with Crippen molar-refractivity contribution in [2.75, 3.05) is 7.11 Å². The number of carbonyl (C=O) groups excluding carboxylic acids is 3. The van der Waals surface area contributed by atoms with Gasteiger partial charge in [-0.05, 0) is 47.7 Å². The van der Waals surface area contributed by atoms with E-state index in [1.807, 2.05) is 0 Å². The quantitative estimate of drug-likeness (QED) is 0.206. The first-order valence-corrected chi connectivity index (χ1v) is 10.5. The summed E-state index contributed by atoms with van der Waals surface area (Å²) in [6.45, 7) is -0.117. The maximum absolute atomic E-state index is 12.7. The lowest BCUT2D eigenvalue weighted by molar-refractivity contribution is -0.385. The summed E-state index contributed by atoms with van der Waals surface area (Å²) in [6, 6.07) is 12.2. The zero-order valence-electron chi connectivity index (χ0n) is 17.5. The summed E-state index contributed by atoms with van der Waals surface area (Å²) >= 11 is 0.793. The summed E-state index contributed by atoms with van der Waals surface area (Å²) in [5, 5.41) is 10.2. The van der Waals surface area contributed by atoms with Gasteiger partial charge in [0.05, 0.1) is 23.5 Å². The molecule has 0 radical (unpaired) electrons. The maximum atomic E-state index is 12.7. The fourth-order valence-corrected chi connectivity index (χ4v) is 3.75. The molecule has 34 heavy (non-hydrogen) atoms. The number of methoxy groups -OCH3 is 1. The molecule has 1 saturated heterocycles. The monoisotopic (exact) mass is 481 g/mol. The number of rotatable bonds is 7. The molecule has 3 aromatic rings. The Morgan fingerprint density at radius 2 is 1.94 bits per heavy atom. The summed E-state index contributed by atoms with van der Waals surface area (Å²) in [5.41, 5.74) is 0.507. The first kappa shape index (κ1) is 22.7. The van der Waals surface area contributed by atoms with E-state index < -0.39 is 22.0 Å². The average Bonchev–Trinajstić information content (AvgIpc) is 3.40. The number of aromatic nitrogens is 1. The zero-order chi connectivity index (χ0) is 24.2. The Hall–Kier alpha value is -4.45. The van der Waals surface area contributed by atoms with Crippen LogP contribution < -0.4 is 4.74 Å². The van der Waals surface area contributed by atoms with E-state index in [2.05, 4.69) is 9.72 Å². The van der Waals surface area contributed by atoms with Gasteiger partial charge in [-0.2, -0.15) is 0 Å². The van der Waals surface area contributed by atoms with Crippen molar-refractivity contribution >= 4 is 40.6 Å². The molecule has 1 aliphatic rings. The van der Waals surface area contributed by atoms with E-state index in [9.17, 15) is 24.5 Å². The number of amides is 2. The highest BCUT2D eigenvalue weighted by molar-refractivity contribution is 8.18. The predicted octanol–water partition coefficient (Wildman–Crippen LogP) is 4.40. The van der Waals surface area contributed by atoms with Crippen molar-refractivity contribution in [2.45, 2.75) is 6.54 Å². The van der Waals surface area contributed by atoms with Gasteiger partial charge in [-0.15, -0.1) is 0 Å². The number of imide groups is 1. The second-order valence-corrected chi connectivity index (χ2v) is 7.80. The van der Waals surface area contributed by atoms with Gasteiger partial charge in [-0.3, -0.25) is 24.6 Å². The number of thioether (sulfide) groups is 1. The van der Waals surface area contributed by atoms with Gasteiger partial charge < -0.3 is 13.9 Å². The minimum atomic E-state index is -0.655. The Morgan fingerprint density at radius 3 is 2.59 bits per heavy atom. The third-order valence-corrected chi connectivity index (χ3v) is 5.47. The SMILES string of the molecule is COC(=O)c1ccc(CN2C(=O)S/C(=C/c3ccc(Oc4ccc([N+](=O)[O-])cn4)cc3)C2=O)o1. The lowest BCUT2D eigenvalue weighted by Crippen LogP contribution is -2.27. The van der Waals surface area contributed by atoms with Gasteiger partial charge in [0.25, 0.3) is 16.8 Å². The van der Waals surface area contributed by atoms with Crippen LogP contribution in [0.1, 0.15) is 21.9 Å². The highest BCUT2D eigenvalue weighted by Gasteiger charge is 2.35. The van der Waals surface area contributed by atoms with Crippen LogP contribution in [0.15, 0.2) is 64.1 Å². The number of hydrogen-bond donors (Lipinski definition) is 0. The summed E-state index contributed by atoms with van der Waals surface area (Å²) in [6.07, 6.45) is 2.67. The Bertz CT molecular complexity index is 1300. The molecule has 1 aromatic carbocycles. The normalized spacial score (nSPS) is 14.5. The molecule has 0 N–H and O–H groups in total. The third-order valence-electron chi connectivity index (χ3n) is 4.57. The van der Waals surface area contributed by atoms with Crippen LogP contribution in [0, 0.1) is 10.1 Å². The van der Waals surface area contributed by atoms with Gasteiger partial charge in [-0.1, -0.05) is 12.1 Å². The number of carbonyl (C=O) groups is 3. The zero-order valence-corrected chi connectivity index (χ0v) is 18.3. The number of hydrogen-bond acceptors (Lipinski definition) is 10. The Kier molecular flexibility index (Phi) is 6.41. The van der Waals surface area contributed by atoms with Crippen LogP contribution in [-0.4, -0.2) is 39.0 Å². The minimum Gasteiger partial charge on any atom is -0.463 e. The van der Waals surface area contributed by atoms with Crippen LogP contribution in [0.5, 0.6) is 11.6 Å². The van der Waals surface area contributed by atoms with Crippen LogP contribution >= 0.6 is 11.8 Å². The molecule has 0 aliphatic carbocycles. The fourth-order valence-electron chi connectivity index (χ4n) is 2.91. The Labute approximate surface area is 196 Å². The molecule has 2 aromatic heterocycles. The molecular formula is C22H15N3O8S. The summed E-state index contributed by atoms with van der Waals surface area (Å²) in [5.74, 6) is -0.270. The third kappa shape index (κ3) is 4.96. The smallest absolute Gasteiger partial charge is 0.373 e. The van der Waals surface area contributed by atoms with Crippen LogP contribution in [0.25, 0.3) is 6.08 Å². The van der Waals surface area contributed by atoms with Crippen LogP contribution in [0.3, 0.4) is 0 Å². The second kappa shape index (κ2) is 9.58. The van der Waals surface area contributed by atoms with E-state index in [1.54, 1.807) is 30.3 Å². The molecular weight excluding hydrogens is 466 g/mol. The molecule has 0 unspecified atom stereocenters. The molecule has 172 valence electrons. The second-order valence-electron chi connectivity index (χ2n) is 6.81. The fraction of sp³-hybridized carbons (Fsp3) is 0.0909. The number of esters is 1. The number of pyridine rings is 1. The van der Waals surface area contributed by atoms with Crippen molar-refractivity contribution in [2.24, 2.45) is 0 Å². The van der Waals surface area contributed by atoms with Gasteiger partial charge in [0.15, 0.2) is 0 Å². The number of benzene rings is 1. The molecule has 11 nitrogen and oxygen atoms in total. The first-order valence-electron chi connectivity index (χ1n) is 9.65. The molecule has 1 fully saturated rings. The molecule has 1 aliphatic heterocycles. The summed E-state index contributed by atoms with van der Waals surface area (Å²) in [7, 11) is 1.22. The maximum Gasteiger partial charge on any atom is 0.373 e. The lowest BCUT2D eigenvalue weighted by Gasteiger charge is -2.09. The Morgan fingerprint density at radius 1 is 1.18 bits per heavy atom. The molecule has 3 heterocycles. The van der Waals surface area contributed by atoms with Crippen molar-refractivity contribution in [1.82, 2.24) is 9.88 Å². The molecule has 0 saturated carbocycles. The van der Waals surface area contributed by atoms with E-state index in [1.165, 1.54) is 31.4 Å². The predicted molar refractivity (Wildman–Crippen MR) is 119 cm³/mol. The minimum absolute atomic E-state index is 0.0220. The Balaban J connectivity index is 1.42. The lowest BCUT2D eigenvalue weighted by atomic mass is 10.2. The van der Waals surface area contributed by atoms with Gasteiger partial charge in [-0.25, -0.2) is 9.78 Å². The van der Waals surface area contributed by atoms with E-state index in [0.29, 0.717) is 11.3 Å². The van der Waals surface area contributed by atoms with Gasteiger partial charge in [0, 0.05) is 12.1 Å². The van der Waals surface area contributed by atoms with Crippen molar-refractivity contribution in [3.63, 3.8) is 0 Å². The van der Waals surface area contributed by atoms with E-state index in [-0.39, 0.29) is 34.5 Å². The average molecular weight is 481 g/mol. The number of nitro groups is 1. The molecule has 0 atom stereocenters. The molecule has 0 bridgehead atoms. The highest BCUT2D eigenvalue weighted by Crippen LogP contribution is 2.34. The molecule has 2 amide bonds. The van der Waals surface area contributed by atoms with Gasteiger partial charge in [0.1, 0.15) is 17.7 Å². The standard InChI is InChI=1S/C22H15N3O8S/c1-31-21(27)17-8-7-16(32-17)12-24-20(26)18(34-22(24)28)10-13-2-5-15(6-3-13)33-19-9-4-14(11-23-19)25(29)30/h2-11H,12H2,1H3/b18-10+. The van der Waals surface area contributed by atoms with E-state index in [4.69, 9.17) is 9.15 Å². The van der Waals surface area contributed by atoms with Crippen LogP contribution in [0.4, 0.5) is 10.5 Å². The molecule has 4 rings (SSSR count). The van der Waals surface area contributed by atoms with Crippen molar-refractivity contribution < 1.29 is 33.2 Å². The number of furan rings is 1. The summed E-state index contributed by atoms with van der Waals surface area (Å²) in [4.78, 5) is 51.8. The number of ether oxygens (including phenoxy) is 2. The topological polar surface area (TPSA) is 142 Å². The van der Waals surface area contributed by atoms with Crippen molar-refractivity contribution in [1.29, 1.82) is 0 Å². The molecule has 12 heteroatoms. The van der Waals surface area contributed by atoms with Crippen LogP contribution in [0.2, 0.25) is 0 Å². The number of nitrogens with zero attached hydrogens (tertiary/aromatic N) is 3. The molecule has 0 spiro atoms. The van der Waals surface area contributed by atoms with Crippen molar-refractivity contribution in [3.05, 3.63) is 86.8 Å². The highest BCUT2D eigenvalue weighted by atomic mass is 32.2. The van der Waals surface area contributed by atoms with Gasteiger partial charge in [0.2, 0.25) is 11.6 Å². The first-order chi connectivity index (χ1) is 16.3. The van der Waals surface area contributed by atoms with Crippen LogP contribution in [-0.2, 0) is 16.1 Å². The largest absolute Gasteiger partial charge is 0.463 e. The van der Waals surface area contributed by atoms with E-state index >= 15 is 0 Å². The van der Waals surface area contributed by atoms with Crippen molar-refractivity contribution in [3.8, 4) is 11.6 Å². The van der Waals surface area contributed by atoms with E-state index in [0.717, 1.165) is 22.9 Å². The summed E-state index contributed by atoms with van der Waals surface area (Å²) < 4.78 is 15.5.